The molecule has 0 aromatic rings. The number of hydrogen-bond acceptors (Lipinski definition) is 6. The third-order valence-electron chi connectivity index (χ3n) is 8.95. The lowest BCUT2D eigenvalue weighted by Gasteiger charge is -2.28. The van der Waals surface area contributed by atoms with Gasteiger partial charge in [0.2, 0.25) is 0 Å². The van der Waals surface area contributed by atoms with Crippen molar-refractivity contribution in [2.45, 2.75) is 174 Å². The van der Waals surface area contributed by atoms with Crippen molar-refractivity contribution in [3.05, 3.63) is 48.6 Å². The van der Waals surface area contributed by atoms with Gasteiger partial charge in [0.05, 0.1) is 34.4 Å². The van der Waals surface area contributed by atoms with Crippen molar-refractivity contribution in [2.75, 3.05) is 60.7 Å². The zero-order valence-corrected chi connectivity index (χ0v) is 35.6. The average Bonchev–Trinajstić information content (AvgIpc) is 3.10. The largest absolute Gasteiger partial charge is 0.756 e. The summed E-state index contributed by atoms with van der Waals surface area (Å²) >= 11 is 0. The number of nitrogens with zero attached hydrogens (tertiary/aromatic N) is 1. The van der Waals surface area contributed by atoms with Crippen LogP contribution in [0.1, 0.15) is 168 Å². The Kier molecular flexibility index (Phi) is 37.5. The Bertz CT molecular complexity index is 913. The van der Waals surface area contributed by atoms with Crippen LogP contribution in [0.3, 0.4) is 0 Å². The summed E-state index contributed by atoms with van der Waals surface area (Å²) in [6.45, 7) is 6.58. The van der Waals surface area contributed by atoms with Gasteiger partial charge in [-0.05, 0) is 57.8 Å². The van der Waals surface area contributed by atoms with E-state index >= 15 is 0 Å². The maximum atomic E-state index is 12.4. The van der Waals surface area contributed by atoms with Gasteiger partial charge in [0.15, 0.2) is 0 Å². The molecule has 0 fully saturated rings. The summed E-state index contributed by atoms with van der Waals surface area (Å²) in [5, 5.41) is 0. The van der Waals surface area contributed by atoms with Gasteiger partial charge < -0.3 is 27.9 Å². The van der Waals surface area contributed by atoms with E-state index in [1.54, 1.807) is 0 Å². The zero-order valence-electron chi connectivity index (χ0n) is 34.8. The van der Waals surface area contributed by atoms with Crippen molar-refractivity contribution < 1.29 is 32.5 Å². The molecule has 0 spiro atoms. The number of hydrogen-bond donors (Lipinski definition) is 0. The molecule has 0 aliphatic heterocycles. The van der Waals surface area contributed by atoms with Crippen LogP contribution in [0.2, 0.25) is 0 Å². The van der Waals surface area contributed by atoms with Gasteiger partial charge >= 0.3 is 0 Å². The molecular weight excluding hydrogens is 669 g/mol. The van der Waals surface area contributed by atoms with Crippen molar-refractivity contribution >= 4 is 7.82 Å². The van der Waals surface area contributed by atoms with E-state index in [-0.39, 0.29) is 13.2 Å². The molecule has 52 heavy (non-hydrogen) atoms. The molecule has 8 heteroatoms. The number of ether oxygens (including phenoxy) is 2. The SMILES string of the molecule is CCCCC/C=C\C/C=C\C/C=C\C/C=C\CCCCOC[C@H](COP(=O)([O-])OCC[N+](C)(C)C)OCCCCCCCCCCCCCCCC. The van der Waals surface area contributed by atoms with Gasteiger partial charge in [-0.1, -0.05) is 159 Å². The van der Waals surface area contributed by atoms with E-state index in [4.69, 9.17) is 18.5 Å². The summed E-state index contributed by atoms with van der Waals surface area (Å²) in [5.74, 6) is 0. The van der Waals surface area contributed by atoms with E-state index in [0.717, 1.165) is 51.4 Å². The molecule has 0 amide bonds. The lowest BCUT2D eigenvalue weighted by molar-refractivity contribution is -0.870. The van der Waals surface area contributed by atoms with Crippen LogP contribution >= 0.6 is 7.82 Å². The van der Waals surface area contributed by atoms with Gasteiger partial charge in [0.25, 0.3) is 7.82 Å². The van der Waals surface area contributed by atoms with Gasteiger partial charge in [0, 0.05) is 13.2 Å². The number of phosphoric acid groups is 1. The molecule has 2 atom stereocenters. The highest BCUT2D eigenvalue weighted by Gasteiger charge is 2.18. The zero-order chi connectivity index (χ0) is 38.3. The second kappa shape index (κ2) is 38.2. The predicted octanol–water partition coefficient (Wildman–Crippen LogP) is 12.2. The van der Waals surface area contributed by atoms with E-state index in [0.29, 0.717) is 30.8 Å². The lowest BCUT2D eigenvalue weighted by atomic mass is 10.0. The standard InChI is InChI=1S/C44H84NO6P/c1-6-8-10-12-14-16-18-20-22-23-24-25-26-28-30-32-34-36-39-48-42-44(43-51-52(46,47)50-41-38-45(3,4)5)49-40-37-35-33-31-29-27-21-19-17-15-13-11-9-7-2/h14,16,20,22,24-25,28,30,44H,6-13,15,17-19,21,23,26-27,29,31-43H2,1-5H3/b16-14-,22-20-,25-24-,30-28-/t44-/m1/s1. The minimum absolute atomic E-state index is 0.0881. The molecule has 306 valence electrons. The fourth-order valence-electron chi connectivity index (χ4n) is 5.57. The van der Waals surface area contributed by atoms with Crippen LogP contribution in [0.4, 0.5) is 0 Å². The summed E-state index contributed by atoms with van der Waals surface area (Å²) in [6, 6.07) is 0. The van der Waals surface area contributed by atoms with Crippen LogP contribution in [0, 0.1) is 0 Å². The van der Waals surface area contributed by atoms with E-state index in [1.165, 1.54) is 103 Å². The maximum absolute atomic E-state index is 12.4. The summed E-state index contributed by atoms with van der Waals surface area (Å²) in [5.41, 5.74) is 0. The highest BCUT2D eigenvalue weighted by atomic mass is 31.2. The van der Waals surface area contributed by atoms with Crippen molar-refractivity contribution in [3.63, 3.8) is 0 Å². The number of quaternary nitrogens is 1. The fourth-order valence-corrected chi connectivity index (χ4v) is 6.30. The van der Waals surface area contributed by atoms with Gasteiger partial charge in [-0.2, -0.15) is 0 Å². The Labute approximate surface area is 322 Å². The molecule has 0 N–H and O–H groups in total. The topological polar surface area (TPSA) is 77.1 Å². The second-order valence-electron chi connectivity index (χ2n) is 15.3. The van der Waals surface area contributed by atoms with Crippen molar-refractivity contribution in [2.24, 2.45) is 0 Å². The highest BCUT2D eigenvalue weighted by Crippen LogP contribution is 2.38. The van der Waals surface area contributed by atoms with Gasteiger partial charge in [-0.25, -0.2) is 0 Å². The van der Waals surface area contributed by atoms with E-state index in [9.17, 15) is 9.46 Å². The Balaban J connectivity index is 4.20. The molecule has 1 unspecified atom stereocenters. The minimum Gasteiger partial charge on any atom is -0.756 e. The summed E-state index contributed by atoms with van der Waals surface area (Å²) in [6.07, 6.45) is 46.9. The van der Waals surface area contributed by atoms with Crippen LogP contribution in [0.5, 0.6) is 0 Å². The average molecular weight is 754 g/mol. The number of phosphoric ester groups is 1. The van der Waals surface area contributed by atoms with Crippen LogP contribution in [-0.2, 0) is 23.1 Å². The summed E-state index contributed by atoms with van der Waals surface area (Å²) in [7, 11) is 1.57. The fraction of sp³-hybridized carbons (Fsp3) is 0.818. The Hall–Kier alpha value is -1.05. The third kappa shape index (κ3) is 41.7. The minimum atomic E-state index is -4.40. The molecule has 0 rings (SSSR count). The first-order valence-electron chi connectivity index (χ1n) is 21.4. The molecule has 0 heterocycles. The van der Waals surface area contributed by atoms with Crippen molar-refractivity contribution in [3.8, 4) is 0 Å². The van der Waals surface area contributed by atoms with Crippen LogP contribution < -0.4 is 4.89 Å². The molecule has 0 radical (unpaired) electrons. The third-order valence-corrected chi connectivity index (χ3v) is 9.92. The molecule has 0 saturated carbocycles. The van der Waals surface area contributed by atoms with Crippen molar-refractivity contribution in [1.82, 2.24) is 0 Å². The first-order chi connectivity index (χ1) is 25.2. The molecule has 7 nitrogen and oxygen atoms in total. The Morgan fingerprint density at radius 1 is 0.519 bits per heavy atom. The highest BCUT2D eigenvalue weighted by molar-refractivity contribution is 7.45. The second-order valence-corrected chi connectivity index (χ2v) is 16.7. The quantitative estimate of drug-likeness (QED) is 0.0268. The number of likely N-dealkylation sites (N-methyl/N-ethyl adjacent to an activating group) is 1. The molecule has 0 bridgehead atoms. The normalized spacial score (nSPS) is 14.5. The van der Waals surface area contributed by atoms with Gasteiger partial charge in [0.1, 0.15) is 19.3 Å². The number of unbranched alkanes of at least 4 members (excludes halogenated alkanes) is 18. The van der Waals surface area contributed by atoms with E-state index in [1.807, 2.05) is 21.1 Å². The van der Waals surface area contributed by atoms with E-state index in [2.05, 4.69) is 62.5 Å². The summed E-state index contributed by atoms with van der Waals surface area (Å²) < 4.78 is 35.2. The van der Waals surface area contributed by atoms with Crippen LogP contribution in [0.25, 0.3) is 0 Å². The molecule has 0 aromatic carbocycles. The Morgan fingerprint density at radius 2 is 0.942 bits per heavy atom. The Morgan fingerprint density at radius 3 is 1.44 bits per heavy atom. The lowest BCUT2D eigenvalue weighted by Crippen LogP contribution is -2.37. The predicted molar refractivity (Wildman–Crippen MR) is 222 cm³/mol. The summed E-state index contributed by atoms with van der Waals surface area (Å²) in [4.78, 5) is 12.4. The number of rotatable bonds is 40. The number of allylic oxidation sites excluding steroid dienone is 8. The maximum Gasteiger partial charge on any atom is 0.268 e. The molecule has 0 aliphatic carbocycles. The van der Waals surface area contributed by atoms with Crippen LogP contribution in [-0.4, -0.2) is 71.3 Å². The van der Waals surface area contributed by atoms with Gasteiger partial charge in [-0.15, -0.1) is 0 Å². The first-order valence-corrected chi connectivity index (χ1v) is 22.9. The molecule has 0 aliphatic rings. The molecule has 0 saturated heterocycles. The smallest absolute Gasteiger partial charge is 0.268 e. The molecular formula is C44H84NO6P. The molecule has 0 aromatic heterocycles. The van der Waals surface area contributed by atoms with E-state index < -0.39 is 13.9 Å². The first kappa shape index (κ1) is 51.0. The monoisotopic (exact) mass is 754 g/mol. The van der Waals surface area contributed by atoms with Crippen LogP contribution in [0.15, 0.2) is 48.6 Å². The van der Waals surface area contributed by atoms with Gasteiger partial charge in [-0.3, -0.25) is 4.57 Å². The van der Waals surface area contributed by atoms with Crippen molar-refractivity contribution in [1.29, 1.82) is 0 Å².